The summed E-state index contributed by atoms with van der Waals surface area (Å²) in [6.07, 6.45) is 4.38. The Hall–Kier alpha value is -3.38. The molecule has 2 aliphatic carbocycles. The molecule has 3 N–H and O–H groups in total. The van der Waals surface area contributed by atoms with E-state index in [1.54, 1.807) is 24.4 Å². The number of ether oxygens (including phenoxy) is 1. The van der Waals surface area contributed by atoms with Crippen molar-refractivity contribution in [2.75, 3.05) is 50.5 Å². The van der Waals surface area contributed by atoms with Crippen LogP contribution >= 0.6 is 11.6 Å². The van der Waals surface area contributed by atoms with E-state index in [9.17, 15) is 14.3 Å². The Morgan fingerprint density at radius 3 is 2.64 bits per heavy atom. The maximum Gasteiger partial charge on any atom is 0.257 e. The van der Waals surface area contributed by atoms with Gasteiger partial charge in [0.05, 0.1) is 18.4 Å². The van der Waals surface area contributed by atoms with E-state index >= 15 is 0 Å². The molecule has 0 bridgehead atoms. The first-order valence-corrected chi connectivity index (χ1v) is 14.8. The number of amides is 1. The van der Waals surface area contributed by atoms with E-state index in [1.807, 2.05) is 0 Å². The van der Waals surface area contributed by atoms with Gasteiger partial charge in [-0.25, -0.2) is 9.37 Å². The Morgan fingerprint density at radius 1 is 1.10 bits per heavy atom. The van der Waals surface area contributed by atoms with Gasteiger partial charge in [0, 0.05) is 66.7 Å². The number of pyridine rings is 1. The molecule has 2 aromatic heterocycles. The Bertz CT molecular complexity index is 1430. The van der Waals surface area contributed by atoms with E-state index in [0.717, 1.165) is 39.0 Å². The number of hydrogen-bond donors (Lipinski definition) is 3. The number of halogens is 2. The molecule has 42 heavy (non-hydrogen) atoms. The van der Waals surface area contributed by atoms with Crippen LogP contribution in [0.25, 0.3) is 11.3 Å². The van der Waals surface area contributed by atoms with Crippen molar-refractivity contribution in [3.05, 3.63) is 53.4 Å². The summed E-state index contributed by atoms with van der Waals surface area (Å²) < 4.78 is 20.6. The molecule has 0 spiro atoms. The van der Waals surface area contributed by atoms with Crippen molar-refractivity contribution >= 4 is 34.7 Å². The molecule has 0 unspecified atom stereocenters. The number of aliphatic hydroxyl groups excluding tert-OH is 1. The highest BCUT2D eigenvalue weighted by atomic mass is 35.5. The van der Waals surface area contributed by atoms with Crippen molar-refractivity contribution in [3.63, 3.8) is 0 Å². The maximum absolute atomic E-state index is 14.6. The summed E-state index contributed by atoms with van der Waals surface area (Å²) in [6.45, 7) is 4.61. The second-order valence-corrected chi connectivity index (χ2v) is 12.0. The minimum Gasteiger partial charge on any atom is -0.475 e. The zero-order chi connectivity index (χ0) is 29.2. The summed E-state index contributed by atoms with van der Waals surface area (Å²) >= 11 is 6.11. The van der Waals surface area contributed by atoms with Gasteiger partial charge in [0.2, 0.25) is 5.91 Å². The molecule has 1 amide bonds. The zero-order valence-corrected chi connectivity index (χ0v) is 24.2. The Morgan fingerprint density at radius 2 is 1.88 bits per heavy atom. The Balaban J connectivity index is 1.14. The van der Waals surface area contributed by atoms with Crippen molar-refractivity contribution < 1.29 is 19.0 Å². The fourth-order valence-corrected chi connectivity index (χ4v) is 5.86. The van der Waals surface area contributed by atoms with Gasteiger partial charge in [0.25, 0.3) is 5.88 Å². The normalized spacial score (nSPS) is 24.4. The second kappa shape index (κ2) is 12.5. The topological polar surface area (TPSA) is 116 Å². The quantitative estimate of drug-likeness (QED) is 0.335. The van der Waals surface area contributed by atoms with Crippen LogP contribution in [0, 0.1) is 17.7 Å². The van der Waals surface area contributed by atoms with Crippen LogP contribution in [0.1, 0.15) is 25.7 Å². The molecule has 3 heterocycles. The molecule has 0 radical (unpaired) electrons. The number of carbonyl (C=O) groups excluding carboxylic acids is 1. The number of anilines is 3. The van der Waals surface area contributed by atoms with Gasteiger partial charge in [-0.3, -0.25) is 9.69 Å². The lowest BCUT2D eigenvalue weighted by Gasteiger charge is -2.45. The number of piperazine rings is 1. The van der Waals surface area contributed by atoms with Gasteiger partial charge in [-0.1, -0.05) is 11.6 Å². The lowest BCUT2D eigenvalue weighted by Crippen LogP contribution is -2.54. The lowest BCUT2D eigenvalue weighted by molar-refractivity contribution is -0.124. The van der Waals surface area contributed by atoms with Crippen molar-refractivity contribution in [2.24, 2.45) is 11.8 Å². The van der Waals surface area contributed by atoms with E-state index in [1.165, 1.54) is 18.2 Å². The van der Waals surface area contributed by atoms with Crippen LogP contribution < -0.4 is 15.4 Å². The average molecular weight is 596 g/mol. The average Bonchev–Trinajstić information content (AvgIpc) is 2.93. The Labute approximate surface area is 249 Å². The maximum atomic E-state index is 14.6. The summed E-state index contributed by atoms with van der Waals surface area (Å²) in [7, 11) is 2.14. The smallest absolute Gasteiger partial charge is 0.257 e. The number of carbonyl (C=O) groups is 1. The molecule has 222 valence electrons. The number of nitrogens with one attached hydrogen (secondary N) is 2. The lowest BCUT2D eigenvalue weighted by atomic mass is 9.78. The Kier molecular flexibility index (Phi) is 8.53. The number of aliphatic hydroxyl groups is 1. The first-order chi connectivity index (χ1) is 20.3. The number of nitrogens with zero attached hydrogens (tertiary/aromatic N) is 5. The van der Waals surface area contributed by atoms with Gasteiger partial charge in [-0.15, -0.1) is 10.2 Å². The predicted octanol–water partition coefficient (Wildman–Crippen LogP) is 4.19. The number of rotatable bonds is 9. The van der Waals surface area contributed by atoms with Crippen molar-refractivity contribution in [2.45, 2.75) is 37.8 Å². The molecule has 3 aliphatic rings. The first kappa shape index (κ1) is 28.7. The molecule has 12 heteroatoms. The third-order valence-electron chi connectivity index (χ3n) is 8.46. The van der Waals surface area contributed by atoms with Crippen LogP contribution in [0.4, 0.5) is 21.6 Å². The standard InChI is InChI=1S/C30H35ClFN7O3/c1-38-6-8-39(9-7-38)22-12-19(13-22)29(41)35-28-15-21(4-5-33-28)34-27-16-26(24-14-20(31)2-3-25(24)32)36-37-30(27)42-17-18-10-23(40)11-18/h2-5,14-16,18-19,22-23,40H,6-13,17H2,1H3,(H2,33,34,35,36,41). The summed E-state index contributed by atoms with van der Waals surface area (Å²) in [5, 5.41) is 24.7. The van der Waals surface area contributed by atoms with Crippen LogP contribution in [0.5, 0.6) is 5.88 Å². The predicted molar refractivity (Wildman–Crippen MR) is 158 cm³/mol. The molecule has 1 saturated heterocycles. The van der Waals surface area contributed by atoms with Gasteiger partial charge in [0.1, 0.15) is 17.3 Å². The molecular weight excluding hydrogens is 561 g/mol. The number of aromatic nitrogens is 3. The van der Waals surface area contributed by atoms with Crippen molar-refractivity contribution in [1.82, 2.24) is 25.0 Å². The number of hydrogen-bond acceptors (Lipinski definition) is 9. The van der Waals surface area contributed by atoms with E-state index in [2.05, 4.69) is 42.7 Å². The summed E-state index contributed by atoms with van der Waals surface area (Å²) in [5.41, 5.74) is 1.60. The molecule has 2 saturated carbocycles. The summed E-state index contributed by atoms with van der Waals surface area (Å²) in [4.78, 5) is 22.1. The fourth-order valence-electron chi connectivity index (χ4n) is 5.68. The van der Waals surface area contributed by atoms with Crippen LogP contribution in [-0.2, 0) is 4.79 Å². The van der Waals surface area contributed by atoms with Gasteiger partial charge in [-0.2, -0.15) is 0 Å². The van der Waals surface area contributed by atoms with Gasteiger partial charge in [-0.05, 0) is 69.0 Å². The molecule has 3 aromatic rings. The fraction of sp³-hybridized carbons (Fsp3) is 0.467. The van der Waals surface area contributed by atoms with Gasteiger partial charge >= 0.3 is 0 Å². The molecule has 1 aliphatic heterocycles. The summed E-state index contributed by atoms with van der Waals surface area (Å²) in [6, 6.07) is 9.87. The van der Waals surface area contributed by atoms with Crippen LogP contribution in [0.15, 0.2) is 42.6 Å². The summed E-state index contributed by atoms with van der Waals surface area (Å²) in [5.74, 6) is 0.372. The number of likely N-dealkylation sites (N-methyl/N-ethyl adjacent to an activating group) is 1. The van der Waals surface area contributed by atoms with Crippen molar-refractivity contribution in [3.8, 4) is 17.1 Å². The molecule has 0 atom stereocenters. The molecule has 3 fully saturated rings. The van der Waals surface area contributed by atoms with E-state index in [0.29, 0.717) is 47.7 Å². The SMILES string of the molecule is CN1CCN(C2CC(C(=O)Nc3cc(Nc4cc(-c5cc(Cl)ccc5F)nnc4OCC4CC(O)C4)ccn3)C2)CC1. The van der Waals surface area contributed by atoms with Gasteiger partial charge < -0.3 is 25.4 Å². The molecule has 6 rings (SSSR count). The van der Waals surface area contributed by atoms with Gasteiger partial charge in [0.15, 0.2) is 0 Å². The van der Waals surface area contributed by atoms with Crippen LogP contribution in [0.2, 0.25) is 5.02 Å². The molecule has 1 aromatic carbocycles. The highest BCUT2D eigenvalue weighted by molar-refractivity contribution is 6.30. The van der Waals surface area contributed by atoms with Crippen molar-refractivity contribution in [1.29, 1.82) is 0 Å². The second-order valence-electron chi connectivity index (χ2n) is 11.6. The number of benzene rings is 1. The van der Waals surface area contributed by atoms with E-state index < -0.39 is 5.82 Å². The minimum atomic E-state index is -0.475. The van der Waals surface area contributed by atoms with E-state index in [4.69, 9.17) is 16.3 Å². The monoisotopic (exact) mass is 595 g/mol. The largest absolute Gasteiger partial charge is 0.475 e. The highest BCUT2D eigenvalue weighted by Crippen LogP contribution is 2.35. The minimum absolute atomic E-state index is 0.0268. The molecular formula is C30H35ClFN7O3. The highest BCUT2D eigenvalue weighted by Gasteiger charge is 2.38. The van der Waals surface area contributed by atoms with Crippen LogP contribution in [-0.4, -0.2) is 88.0 Å². The zero-order valence-electron chi connectivity index (χ0n) is 23.5. The first-order valence-electron chi connectivity index (χ1n) is 14.4. The van der Waals surface area contributed by atoms with E-state index in [-0.39, 0.29) is 41.0 Å². The van der Waals surface area contributed by atoms with Crippen LogP contribution in [0.3, 0.4) is 0 Å². The molecule has 10 nitrogen and oxygen atoms in total. The third kappa shape index (κ3) is 6.64. The third-order valence-corrected chi connectivity index (χ3v) is 8.69.